The van der Waals surface area contributed by atoms with Crippen molar-refractivity contribution in [1.82, 2.24) is 4.57 Å². The van der Waals surface area contributed by atoms with Gasteiger partial charge in [-0.25, -0.2) is 0 Å². The molecule has 1 aromatic heterocycles. The molecule has 0 unspecified atom stereocenters. The molecule has 0 N–H and O–H groups in total. The Morgan fingerprint density at radius 2 is 1.34 bits per heavy atom. The molecule has 0 saturated heterocycles. The Balaban J connectivity index is 2.16. The van der Waals surface area contributed by atoms with Crippen molar-refractivity contribution in [2.24, 2.45) is 0 Å². The van der Waals surface area contributed by atoms with Crippen LogP contribution in [0.5, 0.6) is 0 Å². The fourth-order valence-corrected chi connectivity index (χ4v) is 3.92. The summed E-state index contributed by atoms with van der Waals surface area (Å²) in [6, 6.07) is 30.6. The lowest BCUT2D eigenvalue weighted by molar-refractivity contribution is 0.865. The molecular formula is C27H25NO. The van der Waals surface area contributed by atoms with E-state index in [-0.39, 0.29) is 5.43 Å². The summed E-state index contributed by atoms with van der Waals surface area (Å²) in [5.74, 6) is 0.354. The zero-order chi connectivity index (χ0) is 20.4. The van der Waals surface area contributed by atoms with Gasteiger partial charge in [0.2, 0.25) is 0 Å². The monoisotopic (exact) mass is 379 g/mol. The Morgan fingerprint density at radius 1 is 0.759 bits per heavy atom. The van der Waals surface area contributed by atoms with Crippen LogP contribution >= 0.6 is 0 Å². The third-order valence-electron chi connectivity index (χ3n) is 5.38. The minimum absolute atomic E-state index is 0.0598. The fourth-order valence-electron chi connectivity index (χ4n) is 3.92. The van der Waals surface area contributed by atoms with Crippen LogP contribution in [0.2, 0.25) is 0 Å². The molecule has 3 aromatic carbocycles. The summed E-state index contributed by atoms with van der Waals surface area (Å²) >= 11 is 0. The third kappa shape index (κ3) is 3.54. The van der Waals surface area contributed by atoms with Gasteiger partial charge in [-0.15, -0.1) is 0 Å². The van der Waals surface area contributed by atoms with Gasteiger partial charge in [-0.3, -0.25) is 4.79 Å². The number of hydrogen-bond acceptors (Lipinski definition) is 1. The van der Waals surface area contributed by atoms with E-state index < -0.39 is 0 Å². The fraction of sp³-hybridized carbons (Fsp3) is 0.148. The first-order valence-corrected chi connectivity index (χ1v) is 10.0. The van der Waals surface area contributed by atoms with Gasteiger partial charge in [-0.2, -0.15) is 0 Å². The summed E-state index contributed by atoms with van der Waals surface area (Å²) in [4.78, 5) is 13.1. The van der Waals surface area contributed by atoms with E-state index in [2.05, 4.69) is 60.9 Å². The van der Waals surface area contributed by atoms with Crippen molar-refractivity contribution in [1.29, 1.82) is 0 Å². The summed E-state index contributed by atoms with van der Waals surface area (Å²) in [6.45, 7) is 6.30. The standard InChI is InChI=1S/C27H25NO/c1-19(2)23-16-10-11-17-24(23)25-18-26(29)20(3)27(21-12-6-4-7-13-21)28(25)22-14-8-5-9-15-22/h4-19H,1-3H3. The van der Waals surface area contributed by atoms with E-state index in [1.54, 1.807) is 6.07 Å². The molecule has 0 atom stereocenters. The lowest BCUT2D eigenvalue weighted by Crippen LogP contribution is -2.16. The number of hydrogen-bond donors (Lipinski definition) is 0. The highest BCUT2D eigenvalue weighted by molar-refractivity contribution is 5.75. The smallest absolute Gasteiger partial charge is 0.185 e. The van der Waals surface area contributed by atoms with E-state index in [0.29, 0.717) is 5.92 Å². The van der Waals surface area contributed by atoms with Crippen molar-refractivity contribution in [3.8, 4) is 28.2 Å². The molecule has 0 aliphatic heterocycles. The van der Waals surface area contributed by atoms with Crippen LogP contribution < -0.4 is 5.43 Å². The molecule has 29 heavy (non-hydrogen) atoms. The number of aromatic nitrogens is 1. The second-order valence-electron chi connectivity index (χ2n) is 7.65. The molecule has 0 saturated carbocycles. The SMILES string of the molecule is Cc1c(-c2ccccc2)n(-c2ccccc2)c(-c2ccccc2C(C)C)cc1=O. The number of rotatable bonds is 4. The van der Waals surface area contributed by atoms with E-state index in [4.69, 9.17) is 0 Å². The average Bonchev–Trinajstić information content (AvgIpc) is 2.76. The molecule has 0 spiro atoms. The highest BCUT2D eigenvalue weighted by atomic mass is 16.1. The molecule has 0 aliphatic carbocycles. The molecule has 2 nitrogen and oxygen atoms in total. The van der Waals surface area contributed by atoms with Crippen molar-refractivity contribution in [3.63, 3.8) is 0 Å². The average molecular weight is 380 g/mol. The van der Waals surface area contributed by atoms with Gasteiger partial charge in [0, 0.05) is 22.9 Å². The van der Waals surface area contributed by atoms with Gasteiger partial charge in [0.1, 0.15) is 0 Å². The first-order chi connectivity index (χ1) is 14.1. The second kappa shape index (κ2) is 7.92. The molecule has 0 radical (unpaired) electrons. The van der Waals surface area contributed by atoms with Gasteiger partial charge in [-0.05, 0) is 36.1 Å². The van der Waals surface area contributed by atoms with E-state index >= 15 is 0 Å². The normalized spacial score (nSPS) is 11.0. The van der Waals surface area contributed by atoms with Crippen LogP contribution in [-0.4, -0.2) is 4.57 Å². The molecule has 144 valence electrons. The van der Waals surface area contributed by atoms with Crippen LogP contribution in [0, 0.1) is 6.92 Å². The first kappa shape index (κ1) is 18.9. The highest BCUT2D eigenvalue weighted by Gasteiger charge is 2.19. The molecule has 4 rings (SSSR count). The number of nitrogens with zero attached hydrogens (tertiary/aromatic N) is 1. The lowest BCUT2D eigenvalue weighted by Gasteiger charge is -2.23. The molecule has 0 amide bonds. The van der Waals surface area contributed by atoms with Crippen LogP contribution in [0.15, 0.2) is 95.8 Å². The number of benzene rings is 3. The minimum Gasteiger partial charge on any atom is -0.309 e. The predicted octanol–water partition coefficient (Wildman–Crippen LogP) is 6.60. The Bertz CT molecular complexity index is 1190. The predicted molar refractivity (Wildman–Crippen MR) is 122 cm³/mol. The second-order valence-corrected chi connectivity index (χ2v) is 7.65. The number of pyridine rings is 1. The van der Waals surface area contributed by atoms with Gasteiger partial charge >= 0.3 is 0 Å². The maximum absolute atomic E-state index is 13.1. The summed E-state index contributed by atoms with van der Waals surface area (Å²) in [5.41, 5.74) is 7.10. The molecule has 4 aromatic rings. The molecule has 0 bridgehead atoms. The molecule has 2 heteroatoms. The van der Waals surface area contributed by atoms with Crippen molar-refractivity contribution < 1.29 is 0 Å². The van der Waals surface area contributed by atoms with Crippen molar-refractivity contribution in [3.05, 3.63) is 112 Å². The van der Waals surface area contributed by atoms with E-state index in [9.17, 15) is 4.79 Å². The summed E-state index contributed by atoms with van der Waals surface area (Å²) in [5, 5.41) is 0. The van der Waals surface area contributed by atoms with Crippen LogP contribution in [0.1, 0.15) is 30.9 Å². The van der Waals surface area contributed by atoms with E-state index in [0.717, 1.165) is 33.8 Å². The van der Waals surface area contributed by atoms with E-state index in [1.165, 1.54) is 5.56 Å². The summed E-state index contributed by atoms with van der Waals surface area (Å²) < 4.78 is 2.23. The van der Waals surface area contributed by atoms with Crippen LogP contribution in [-0.2, 0) is 0 Å². The van der Waals surface area contributed by atoms with Crippen LogP contribution in [0.4, 0.5) is 0 Å². The molecule has 0 aliphatic rings. The van der Waals surface area contributed by atoms with Gasteiger partial charge < -0.3 is 4.57 Å². The van der Waals surface area contributed by atoms with Crippen molar-refractivity contribution in [2.45, 2.75) is 26.7 Å². The quantitative estimate of drug-likeness (QED) is 0.391. The Hall–Kier alpha value is -3.39. The zero-order valence-corrected chi connectivity index (χ0v) is 17.1. The Labute approximate surface area is 172 Å². The molecule has 0 fully saturated rings. The number of para-hydroxylation sites is 1. The van der Waals surface area contributed by atoms with Gasteiger partial charge in [0.25, 0.3) is 0 Å². The lowest BCUT2D eigenvalue weighted by atomic mass is 9.93. The third-order valence-corrected chi connectivity index (χ3v) is 5.38. The van der Waals surface area contributed by atoms with Gasteiger partial charge in [0.15, 0.2) is 5.43 Å². The maximum atomic E-state index is 13.1. The summed E-state index contributed by atoms with van der Waals surface area (Å²) in [6.07, 6.45) is 0. The summed E-state index contributed by atoms with van der Waals surface area (Å²) in [7, 11) is 0. The van der Waals surface area contributed by atoms with Crippen LogP contribution in [0.25, 0.3) is 28.2 Å². The highest BCUT2D eigenvalue weighted by Crippen LogP contribution is 2.34. The van der Waals surface area contributed by atoms with Crippen LogP contribution in [0.3, 0.4) is 0 Å². The topological polar surface area (TPSA) is 22.0 Å². The van der Waals surface area contributed by atoms with Crippen molar-refractivity contribution >= 4 is 0 Å². The largest absolute Gasteiger partial charge is 0.309 e. The maximum Gasteiger partial charge on any atom is 0.185 e. The van der Waals surface area contributed by atoms with Gasteiger partial charge in [-0.1, -0.05) is 86.6 Å². The zero-order valence-electron chi connectivity index (χ0n) is 17.1. The van der Waals surface area contributed by atoms with Crippen molar-refractivity contribution in [2.75, 3.05) is 0 Å². The van der Waals surface area contributed by atoms with E-state index in [1.807, 2.05) is 49.4 Å². The van der Waals surface area contributed by atoms with Gasteiger partial charge in [0.05, 0.1) is 11.4 Å². The Morgan fingerprint density at radius 3 is 2.00 bits per heavy atom. The molecule has 1 heterocycles. The minimum atomic E-state index is 0.0598. The molecular weight excluding hydrogens is 354 g/mol. The first-order valence-electron chi connectivity index (χ1n) is 10.0. The Kier molecular flexibility index (Phi) is 5.18.